The molecule has 1 aromatic heterocycles. The van der Waals surface area contributed by atoms with Crippen LogP contribution in [0.1, 0.15) is 37.6 Å². The summed E-state index contributed by atoms with van der Waals surface area (Å²) >= 11 is 0. The fourth-order valence-corrected chi connectivity index (χ4v) is 3.24. The number of hydrogen-bond acceptors (Lipinski definition) is 2. The molecule has 1 heterocycles. The lowest BCUT2D eigenvalue weighted by atomic mass is 9.66. The molecule has 0 radical (unpaired) electrons. The smallest absolute Gasteiger partial charge is 0.110 e. The fourth-order valence-electron chi connectivity index (χ4n) is 3.24. The topological polar surface area (TPSA) is 43.8 Å². The standard InChI is InChI=1S/C16H23N3/c1-3-19-14-6-5-12(2)9-13(14)18-15(19)10-16(11-17)7-4-8-16/h5-6,9H,3-4,7-8,10-11,17H2,1-2H3. The normalized spacial score (nSPS) is 17.6. The van der Waals surface area contributed by atoms with Gasteiger partial charge >= 0.3 is 0 Å². The molecule has 3 rings (SSSR count). The lowest BCUT2D eigenvalue weighted by molar-refractivity contribution is 0.140. The van der Waals surface area contributed by atoms with Crippen molar-refractivity contribution in [2.75, 3.05) is 6.54 Å². The molecule has 0 unspecified atom stereocenters. The first-order chi connectivity index (χ1) is 9.17. The van der Waals surface area contributed by atoms with E-state index in [1.54, 1.807) is 0 Å². The van der Waals surface area contributed by atoms with Crippen molar-refractivity contribution < 1.29 is 0 Å². The van der Waals surface area contributed by atoms with Crippen LogP contribution in [0.5, 0.6) is 0 Å². The Kier molecular flexibility index (Phi) is 3.09. The van der Waals surface area contributed by atoms with Gasteiger partial charge in [-0.25, -0.2) is 4.98 Å². The van der Waals surface area contributed by atoms with Gasteiger partial charge in [0.15, 0.2) is 0 Å². The van der Waals surface area contributed by atoms with Gasteiger partial charge in [-0.15, -0.1) is 0 Å². The molecule has 0 bridgehead atoms. The van der Waals surface area contributed by atoms with Crippen molar-refractivity contribution in [3.8, 4) is 0 Å². The number of imidazole rings is 1. The highest BCUT2D eigenvalue weighted by atomic mass is 15.1. The summed E-state index contributed by atoms with van der Waals surface area (Å²) in [6.45, 7) is 6.09. The maximum Gasteiger partial charge on any atom is 0.110 e. The van der Waals surface area contributed by atoms with Crippen molar-refractivity contribution in [2.24, 2.45) is 11.1 Å². The zero-order valence-corrected chi connectivity index (χ0v) is 11.9. The minimum atomic E-state index is 0.323. The van der Waals surface area contributed by atoms with E-state index in [1.165, 1.54) is 36.2 Å². The number of nitrogens with zero attached hydrogens (tertiary/aromatic N) is 2. The van der Waals surface area contributed by atoms with Gasteiger partial charge in [-0.2, -0.15) is 0 Å². The van der Waals surface area contributed by atoms with Crippen molar-refractivity contribution in [3.63, 3.8) is 0 Å². The van der Waals surface area contributed by atoms with Crippen LogP contribution >= 0.6 is 0 Å². The summed E-state index contributed by atoms with van der Waals surface area (Å²) in [7, 11) is 0. The molecular weight excluding hydrogens is 234 g/mol. The molecule has 1 aliphatic rings. The number of rotatable bonds is 4. The average molecular weight is 257 g/mol. The SMILES string of the molecule is CCn1c(CC2(CN)CCC2)nc2cc(C)ccc21. The molecule has 1 aromatic carbocycles. The number of aryl methyl sites for hydroxylation is 2. The Morgan fingerprint density at radius 1 is 1.37 bits per heavy atom. The van der Waals surface area contributed by atoms with E-state index < -0.39 is 0 Å². The van der Waals surface area contributed by atoms with Crippen molar-refractivity contribution >= 4 is 11.0 Å². The second-order valence-corrected chi connectivity index (χ2v) is 6.00. The number of nitrogens with two attached hydrogens (primary N) is 1. The van der Waals surface area contributed by atoms with Crippen LogP contribution in [0.4, 0.5) is 0 Å². The van der Waals surface area contributed by atoms with Gasteiger partial charge < -0.3 is 10.3 Å². The molecule has 1 aliphatic carbocycles. The lowest BCUT2D eigenvalue weighted by Gasteiger charge is -2.40. The van der Waals surface area contributed by atoms with E-state index in [4.69, 9.17) is 10.7 Å². The number of benzene rings is 1. The third-order valence-electron chi connectivity index (χ3n) is 4.68. The molecule has 2 N–H and O–H groups in total. The van der Waals surface area contributed by atoms with Crippen molar-refractivity contribution in [1.82, 2.24) is 9.55 Å². The van der Waals surface area contributed by atoms with Crippen LogP contribution < -0.4 is 5.73 Å². The summed E-state index contributed by atoms with van der Waals surface area (Å²) in [6.07, 6.45) is 4.87. The third-order valence-corrected chi connectivity index (χ3v) is 4.68. The second-order valence-electron chi connectivity index (χ2n) is 6.00. The summed E-state index contributed by atoms with van der Waals surface area (Å²) in [4.78, 5) is 4.87. The van der Waals surface area contributed by atoms with Gasteiger partial charge in [-0.05, 0) is 56.3 Å². The molecule has 1 saturated carbocycles. The van der Waals surface area contributed by atoms with Crippen molar-refractivity contribution in [2.45, 2.75) is 46.1 Å². The maximum absolute atomic E-state index is 5.99. The number of hydrogen-bond donors (Lipinski definition) is 1. The largest absolute Gasteiger partial charge is 0.330 e. The summed E-state index contributed by atoms with van der Waals surface area (Å²) < 4.78 is 2.35. The lowest BCUT2D eigenvalue weighted by Crippen LogP contribution is -2.39. The quantitative estimate of drug-likeness (QED) is 0.915. The Morgan fingerprint density at radius 3 is 2.74 bits per heavy atom. The molecule has 0 spiro atoms. The van der Waals surface area contributed by atoms with Gasteiger partial charge in [0.2, 0.25) is 0 Å². The summed E-state index contributed by atoms with van der Waals surface area (Å²) in [5.74, 6) is 1.22. The summed E-state index contributed by atoms with van der Waals surface area (Å²) in [5.41, 5.74) is 9.97. The van der Waals surface area contributed by atoms with Crippen molar-refractivity contribution in [3.05, 3.63) is 29.6 Å². The van der Waals surface area contributed by atoms with Crippen molar-refractivity contribution in [1.29, 1.82) is 0 Å². The molecule has 102 valence electrons. The number of aromatic nitrogens is 2. The highest BCUT2D eigenvalue weighted by Crippen LogP contribution is 2.42. The van der Waals surface area contributed by atoms with E-state index in [2.05, 4.69) is 36.6 Å². The van der Waals surface area contributed by atoms with Crippen LogP contribution in [0, 0.1) is 12.3 Å². The Hall–Kier alpha value is -1.35. The van der Waals surface area contributed by atoms with Crippen LogP contribution in [0.15, 0.2) is 18.2 Å². The zero-order valence-electron chi connectivity index (χ0n) is 11.9. The van der Waals surface area contributed by atoms with E-state index in [0.29, 0.717) is 5.41 Å². The van der Waals surface area contributed by atoms with E-state index in [0.717, 1.165) is 25.0 Å². The zero-order chi connectivity index (χ0) is 13.5. The third kappa shape index (κ3) is 2.06. The molecule has 0 aliphatic heterocycles. The highest BCUT2D eigenvalue weighted by molar-refractivity contribution is 5.76. The monoisotopic (exact) mass is 257 g/mol. The van der Waals surface area contributed by atoms with E-state index in [1.807, 2.05) is 0 Å². The molecule has 3 nitrogen and oxygen atoms in total. The van der Waals surface area contributed by atoms with Crippen LogP contribution in [0.2, 0.25) is 0 Å². The number of fused-ring (bicyclic) bond motifs is 1. The molecule has 2 aromatic rings. The predicted octanol–water partition coefficient (Wildman–Crippen LogP) is 3.04. The van der Waals surface area contributed by atoms with E-state index in [-0.39, 0.29) is 0 Å². The molecular formula is C16H23N3. The molecule has 0 atom stereocenters. The Morgan fingerprint density at radius 2 is 2.16 bits per heavy atom. The fraction of sp³-hybridized carbons (Fsp3) is 0.562. The molecule has 3 heteroatoms. The van der Waals surface area contributed by atoms with Crippen LogP contribution in [-0.4, -0.2) is 16.1 Å². The molecule has 19 heavy (non-hydrogen) atoms. The minimum Gasteiger partial charge on any atom is -0.330 e. The highest BCUT2D eigenvalue weighted by Gasteiger charge is 2.37. The van der Waals surface area contributed by atoms with Crippen LogP contribution in [-0.2, 0) is 13.0 Å². The van der Waals surface area contributed by atoms with Gasteiger partial charge in [0.25, 0.3) is 0 Å². The Labute approximate surface area is 114 Å². The molecule has 0 saturated heterocycles. The van der Waals surface area contributed by atoms with E-state index in [9.17, 15) is 0 Å². The predicted molar refractivity (Wildman–Crippen MR) is 79.2 cm³/mol. The first-order valence-electron chi connectivity index (χ1n) is 7.33. The molecule has 1 fully saturated rings. The average Bonchev–Trinajstić information content (AvgIpc) is 2.69. The first kappa shape index (κ1) is 12.7. The van der Waals surface area contributed by atoms with Gasteiger partial charge in [0.1, 0.15) is 5.82 Å². The Bertz CT molecular complexity index is 588. The summed E-state index contributed by atoms with van der Waals surface area (Å²) in [5, 5.41) is 0. The van der Waals surface area contributed by atoms with Gasteiger partial charge in [0.05, 0.1) is 11.0 Å². The first-order valence-corrected chi connectivity index (χ1v) is 7.33. The van der Waals surface area contributed by atoms with Gasteiger partial charge in [-0.3, -0.25) is 0 Å². The maximum atomic E-state index is 5.99. The van der Waals surface area contributed by atoms with Gasteiger partial charge in [0, 0.05) is 13.0 Å². The molecule has 0 amide bonds. The minimum absolute atomic E-state index is 0.323. The van der Waals surface area contributed by atoms with Gasteiger partial charge in [-0.1, -0.05) is 12.5 Å². The Balaban J connectivity index is 2.02. The van der Waals surface area contributed by atoms with Crippen LogP contribution in [0.25, 0.3) is 11.0 Å². The van der Waals surface area contributed by atoms with Crippen LogP contribution in [0.3, 0.4) is 0 Å². The second kappa shape index (κ2) is 4.64. The van der Waals surface area contributed by atoms with E-state index >= 15 is 0 Å². The summed E-state index contributed by atoms with van der Waals surface area (Å²) in [6, 6.07) is 6.55.